The number of rotatable bonds is 5. The van der Waals surface area contributed by atoms with Crippen LogP contribution < -0.4 is 10.1 Å². The number of fused-ring (bicyclic) bond motifs is 1. The van der Waals surface area contributed by atoms with Crippen LogP contribution >= 0.6 is 11.8 Å². The Morgan fingerprint density at radius 2 is 2.00 bits per heavy atom. The molecule has 2 saturated heterocycles. The normalized spacial score (nSPS) is 30.8. The van der Waals surface area contributed by atoms with Gasteiger partial charge in [-0.15, -0.1) is 0 Å². The Hall–Kier alpha value is -2.38. The number of amides is 1. The number of hydrogen-bond donors (Lipinski definition) is 3. The van der Waals surface area contributed by atoms with Gasteiger partial charge in [0.05, 0.1) is 5.25 Å². The van der Waals surface area contributed by atoms with Crippen molar-refractivity contribution in [2.24, 2.45) is 5.92 Å². The number of thioether (sulfide) groups is 1. The van der Waals surface area contributed by atoms with Gasteiger partial charge in [0.25, 0.3) is 0 Å². The fourth-order valence-corrected chi connectivity index (χ4v) is 5.26. The maximum atomic E-state index is 11.8. The molecular weight excluding hydrogens is 414 g/mol. The molecule has 3 N–H and O–H groups in total. The van der Waals surface area contributed by atoms with Crippen molar-refractivity contribution in [3.05, 3.63) is 64.6 Å². The molecule has 4 atom stereocenters. The molecule has 2 fully saturated rings. The highest BCUT2D eigenvalue weighted by atomic mass is 32.2. The van der Waals surface area contributed by atoms with Gasteiger partial charge in [-0.05, 0) is 74.4 Å². The molecule has 0 bridgehead atoms. The molecule has 31 heavy (non-hydrogen) atoms. The van der Waals surface area contributed by atoms with Crippen molar-refractivity contribution in [1.82, 2.24) is 5.32 Å². The quantitative estimate of drug-likeness (QED) is 0.638. The lowest BCUT2D eigenvalue weighted by molar-refractivity contribution is -0.121. The summed E-state index contributed by atoms with van der Waals surface area (Å²) in [6.45, 7) is 10.4. The lowest BCUT2D eigenvalue weighted by atomic mass is 9.78. The van der Waals surface area contributed by atoms with E-state index in [2.05, 4.69) is 18.8 Å². The zero-order valence-electron chi connectivity index (χ0n) is 18.1. The number of carbonyl (C=O) groups excluding carboxylic acids is 1. The Bertz CT molecular complexity index is 967. The zero-order chi connectivity index (χ0) is 22.3. The number of allylic oxidation sites excluding steroid dienone is 4. The number of ether oxygens (including phenoxy) is 2. The smallest absolute Gasteiger partial charge is 0.236 e. The zero-order valence-corrected chi connectivity index (χ0v) is 18.9. The van der Waals surface area contributed by atoms with Crippen molar-refractivity contribution < 1.29 is 24.5 Å². The van der Waals surface area contributed by atoms with Gasteiger partial charge in [0.2, 0.25) is 5.91 Å². The van der Waals surface area contributed by atoms with E-state index < -0.39 is 11.2 Å². The van der Waals surface area contributed by atoms with Gasteiger partial charge in [-0.1, -0.05) is 30.5 Å². The van der Waals surface area contributed by atoms with E-state index in [1.54, 1.807) is 0 Å². The van der Waals surface area contributed by atoms with Gasteiger partial charge in [-0.2, -0.15) is 0 Å². The summed E-state index contributed by atoms with van der Waals surface area (Å²) >= 11 is 1.23. The Kier molecular flexibility index (Phi) is 5.83. The molecule has 7 heteroatoms. The van der Waals surface area contributed by atoms with E-state index in [0.717, 1.165) is 46.6 Å². The first-order valence-electron chi connectivity index (χ1n) is 10.5. The van der Waals surface area contributed by atoms with Crippen LogP contribution in [0.15, 0.2) is 59.1 Å². The molecule has 0 radical (unpaired) electrons. The summed E-state index contributed by atoms with van der Waals surface area (Å²) in [5.41, 5.74) is 2.26. The summed E-state index contributed by atoms with van der Waals surface area (Å²) in [5, 5.41) is 22.1. The molecule has 1 aromatic rings. The van der Waals surface area contributed by atoms with Crippen LogP contribution in [0.3, 0.4) is 0 Å². The minimum atomic E-state index is -0.820. The molecule has 6 nitrogen and oxygen atoms in total. The van der Waals surface area contributed by atoms with E-state index in [9.17, 15) is 15.0 Å². The molecule has 0 spiro atoms. The number of nitrogens with one attached hydrogen (secondary N) is 1. The molecule has 1 aliphatic carbocycles. The minimum Gasteiger partial charge on any atom is -0.507 e. The van der Waals surface area contributed by atoms with Crippen molar-refractivity contribution in [2.75, 3.05) is 6.61 Å². The molecule has 2 heterocycles. The maximum Gasteiger partial charge on any atom is 0.236 e. The topological polar surface area (TPSA) is 88.0 Å². The van der Waals surface area contributed by atoms with Crippen molar-refractivity contribution in [3.8, 4) is 5.75 Å². The van der Waals surface area contributed by atoms with Gasteiger partial charge in [0, 0.05) is 5.92 Å². The van der Waals surface area contributed by atoms with Crippen LogP contribution in [0.4, 0.5) is 0 Å². The van der Waals surface area contributed by atoms with Crippen molar-refractivity contribution >= 4 is 17.7 Å². The first kappa shape index (κ1) is 21.8. The van der Waals surface area contributed by atoms with Gasteiger partial charge in [-0.25, -0.2) is 0 Å². The molecule has 166 valence electrons. The highest BCUT2D eigenvalue weighted by Gasteiger charge is 2.41. The van der Waals surface area contributed by atoms with Crippen LogP contribution in [-0.4, -0.2) is 39.1 Å². The third-order valence-electron chi connectivity index (χ3n) is 6.39. The van der Waals surface area contributed by atoms with Crippen LogP contribution in [0.1, 0.15) is 39.2 Å². The molecule has 3 unspecified atom stereocenters. The third-order valence-corrected chi connectivity index (χ3v) is 7.47. The van der Waals surface area contributed by atoms with E-state index in [1.807, 2.05) is 38.1 Å². The highest BCUT2D eigenvalue weighted by molar-refractivity contribution is 8.01. The predicted molar refractivity (Wildman–Crippen MR) is 121 cm³/mol. The second-order valence-corrected chi connectivity index (χ2v) is 10.0. The fraction of sp³-hybridized carbons (Fsp3) is 0.458. The average molecular weight is 444 g/mol. The van der Waals surface area contributed by atoms with E-state index in [4.69, 9.17) is 9.47 Å². The van der Waals surface area contributed by atoms with Gasteiger partial charge in [0.1, 0.15) is 29.5 Å². The van der Waals surface area contributed by atoms with E-state index in [0.29, 0.717) is 13.0 Å². The molecular formula is C24H29NO5S. The van der Waals surface area contributed by atoms with E-state index in [-0.39, 0.29) is 22.8 Å². The number of hydrogen-bond acceptors (Lipinski definition) is 6. The van der Waals surface area contributed by atoms with E-state index in [1.165, 1.54) is 11.8 Å². The second kappa shape index (κ2) is 8.28. The van der Waals surface area contributed by atoms with Crippen LogP contribution in [0, 0.1) is 5.92 Å². The van der Waals surface area contributed by atoms with Crippen molar-refractivity contribution in [2.45, 2.75) is 56.4 Å². The molecule has 1 amide bonds. The molecule has 2 aliphatic heterocycles. The maximum absolute atomic E-state index is 11.8. The summed E-state index contributed by atoms with van der Waals surface area (Å²) < 4.78 is 12.5. The van der Waals surface area contributed by atoms with Gasteiger partial charge in [0.15, 0.2) is 5.56 Å². The summed E-state index contributed by atoms with van der Waals surface area (Å²) in [4.78, 5) is 11.8. The molecule has 0 saturated carbocycles. The SMILES string of the molecule is C=C1C(O)=C(C)C(C)=C2OC(C)(COc3ccc(CC4SC(O)NC4=O)cc3)CC[C@@H]12. The number of aliphatic hydroxyl groups is 2. The first-order chi connectivity index (χ1) is 14.7. The largest absolute Gasteiger partial charge is 0.507 e. The molecule has 3 aliphatic rings. The summed E-state index contributed by atoms with van der Waals surface area (Å²) in [5.74, 6) is 1.82. The van der Waals surface area contributed by atoms with E-state index >= 15 is 0 Å². The van der Waals surface area contributed by atoms with Crippen molar-refractivity contribution in [3.63, 3.8) is 0 Å². The van der Waals surface area contributed by atoms with Crippen LogP contribution in [0.2, 0.25) is 0 Å². The second-order valence-electron chi connectivity index (χ2n) is 8.75. The molecule has 4 rings (SSSR count). The third kappa shape index (κ3) is 4.34. The van der Waals surface area contributed by atoms with Gasteiger partial charge in [-0.3, -0.25) is 4.79 Å². The van der Waals surface area contributed by atoms with Crippen LogP contribution in [0.5, 0.6) is 5.75 Å². The van der Waals surface area contributed by atoms with Crippen molar-refractivity contribution in [1.29, 1.82) is 0 Å². The lowest BCUT2D eigenvalue weighted by Crippen LogP contribution is -2.42. The monoisotopic (exact) mass is 443 g/mol. The van der Waals surface area contributed by atoms with Gasteiger partial charge >= 0.3 is 0 Å². The Balaban J connectivity index is 1.38. The van der Waals surface area contributed by atoms with Crippen LogP contribution in [-0.2, 0) is 16.0 Å². The lowest BCUT2D eigenvalue weighted by Gasteiger charge is -2.42. The minimum absolute atomic E-state index is 0.0280. The average Bonchev–Trinajstić information content (AvgIpc) is 3.06. The highest BCUT2D eigenvalue weighted by Crippen LogP contribution is 2.46. The van der Waals surface area contributed by atoms with Gasteiger partial charge < -0.3 is 25.0 Å². The number of carbonyl (C=O) groups is 1. The summed E-state index contributed by atoms with van der Waals surface area (Å²) in [7, 11) is 0. The Morgan fingerprint density at radius 3 is 2.65 bits per heavy atom. The number of aliphatic hydroxyl groups excluding tert-OH is 2. The Labute approximate surface area is 187 Å². The molecule has 0 aromatic heterocycles. The van der Waals surface area contributed by atoms with Crippen LogP contribution in [0.25, 0.3) is 0 Å². The summed E-state index contributed by atoms with van der Waals surface area (Å²) in [6, 6.07) is 7.69. The predicted octanol–water partition coefficient (Wildman–Crippen LogP) is 3.98. The summed E-state index contributed by atoms with van der Waals surface area (Å²) in [6.07, 6.45) is 2.22. The molecule has 1 aromatic carbocycles. The number of benzene rings is 1. The standard InChI is InChI=1S/C24H29NO5S/c1-13-14(2)21-18(15(3)20(13)26)9-10-24(4,30-21)12-29-17-7-5-16(6-8-17)11-19-22(27)25-23(28)31-19/h5-8,18-19,23,26,28H,3,9-12H2,1-2,4H3,(H,25,27)/t18-,19?,23?,24?/m0/s1. The fourth-order valence-electron chi connectivity index (χ4n) is 4.29. The Morgan fingerprint density at radius 1 is 1.29 bits per heavy atom. The first-order valence-corrected chi connectivity index (χ1v) is 11.5.